The van der Waals surface area contributed by atoms with Crippen LogP contribution in [0.15, 0.2) is 18.2 Å². The normalized spacial score (nSPS) is 14.2. The molecular weight excluding hydrogens is 235 g/mol. The minimum atomic E-state index is -0.453. The molecule has 1 aromatic carbocycles. The van der Waals surface area contributed by atoms with Crippen LogP contribution >= 0.6 is 0 Å². The molecule has 0 aliphatic carbocycles. The average molecular weight is 254 g/mol. The fourth-order valence-electron chi connectivity index (χ4n) is 2.09. The Morgan fingerprint density at radius 2 is 2.17 bits per heavy atom. The number of hydrogen-bond acceptors (Lipinski definition) is 3. The van der Waals surface area contributed by atoms with Crippen molar-refractivity contribution in [3.63, 3.8) is 0 Å². The van der Waals surface area contributed by atoms with Crippen LogP contribution in [0.4, 0.5) is 10.1 Å². The molecule has 2 atom stereocenters. The summed E-state index contributed by atoms with van der Waals surface area (Å²) in [5, 5.41) is 14.0. The second-order valence-corrected chi connectivity index (χ2v) is 4.48. The van der Waals surface area contributed by atoms with Gasteiger partial charge >= 0.3 is 0 Å². The number of benzene rings is 1. The van der Waals surface area contributed by atoms with Crippen LogP contribution in [-0.2, 0) is 6.42 Å². The van der Waals surface area contributed by atoms with E-state index in [9.17, 15) is 14.5 Å². The molecule has 0 saturated heterocycles. The van der Waals surface area contributed by atoms with E-state index in [0.29, 0.717) is 12.0 Å². The van der Waals surface area contributed by atoms with E-state index in [1.807, 2.05) is 20.9 Å². The van der Waals surface area contributed by atoms with Crippen molar-refractivity contribution in [2.75, 3.05) is 7.05 Å². The molecule has 0 bridgehead atoms. The van der Waals surface area contributed by atoms with Gasteiger partial charge in [-0.15, -0.1) is 0 Å². The van der Waals surface area contributed by atoms with E-state index in [2.05, 4.69) is 5.32 Å². The Kier molecular flexibility index (Phi) is 5.22. The zero-order valence-corrected chi connectivity index (χ0v) is 10.9. The molecule has 0 saturated carbocycles. The summed E-state index contributed by atoms with van der Waals surface area (Å²) in [5.41, 5.74) is 0.465. The Bertz CT molecular complexity index is 423. The molecule has 1 N–H and O–H groups in total. The van der Waals surface area contributed by atoms with Gasteiger partial charge in [-0.05, 0) is 38.4 Å². The SMILES string of the molecule is CCC(Cc1cc(F)ccc1[N+](=O)[O-])C(C)NC. The van der Waals surface area contributed by atoms with Crippen LogP contribution in [-0.4, -0.2) is 18.0 Å². The van der Waals surface area contributed by atoms with Crippen molar-refractivity contribution in [1.82, 2.24) is 5.32 Å². The predicted octanol–water partition coefficient (Wildman–Crippen LogP) is 2.91. The third-order valence-electron chi connectivity index (χ3n) is 3.41. The molecule has 0 amide bonds. The number of nitrogens with zero attached hydrogens (tertiary/aromatic N) is 1. The molecule has 0 fully saturated rings. The summed E-state index contributed by atoms with van der Waals surface area (Å²) >= 11 is 0. The van der Waals surface area contributed by atoms with E-state index < -0.39 is 10.7 Å². The van der Waals surface area contributed by atoms with Crippen LogP contribution in [0.5, 0.6) is 0 Å². The molecule has 0 heterocycles. The first kappa shape index (κ1) is 14.6. The number of halogens is 1. The van der Waals surface area contributed by atoms with Crippen molar-refractivity contribution in [1.29, 1.82) is 0 Å². The van der Waals surface area contributed by atoms with Crippen molar-refractivity contribution >= 4 is 5.69 Å². The lowest BCUT2D eigenvalue weighted by molar-refractivity contribution is -0.385. The Labute approximate surface area is 106 Å². The van der Waals surface area contributed by atoms with Crippen LogP contribution in [0.1, 0.15) is 25.8 Å². The average Bonchev–Trinajstić information content (AvgIpc) is 2.34. The summed E-state index contributed by atoms with van der Waals surface area (Å²) < 4.78 is 13.2. The van der Waals surface area contributed by atoms with Gasteiger partial charge in [-0.1, -0.05) is 13.3 Å². The molecule has 0 aliphatic heterocycles. The standard InChI is InChI=1S/C13H19FN2O2/c1-4-10(9(2)15-3)7-11-8-12(14)5-6-13(11)16(17)18/h5-6,8-10,15H,4,7H2,1-3H3. The van der Waals surface area contributed by atoms with Gasteiger partial charge in [0.25, 0.3) is 5.69 Å². The molecule has 100 valence electrons. The molecule has 0 aliphatic rings. The van der Waals surface area contributed by atoms with Gasteiger partial charge in [0.1, 0.15) is 5.82 Å². The third-order valence-corrected chi connectivity index (χ3v) is 3.41. The minimum Gasteiger partial charge on any atom is -0.317 e. The number of nitro groups is 1. The molecule has 1 aromatic rings. The lowest BCUT2D eigenvalue weighted by Gasteiger charge is -2.22. The number of hydrogen-bond donors (Lipinski definition) is 1. The second-order valence-electron chi connectivity index (χ2n) is 4.48. The topological polar surface area (TPSA) is 55.2 Å². The molecule has 0 radical (unpaired) electrons. The quantitative estimate of drug-likeness (QED) is 0.627. The fraction of sp³-hybridized carbons (Fsp3) is 0.538. The summed E-state index contributed by atoms with van der Waals surface area (Å²) in [7, 11) is 1.85. The minimum absolute atomic E-state index is 0.00171. The van der Waals surface area contributed by atoms with Crippen molar-refractivity contribution in [2.45, 2.75) is 32.7 Å². The highest BCUT2D eigenvalue weighted by atomic mass is 19.1. The highest BCUT2D eigenvalue weighted by molar-refractivity contribution is 5.40. The number of rotatable bonds is 6. The Hall–Kier alpha value is -1.49. The Morgan fingerprint density at radius 1 is 1.50 bits per heavy atom. The number of nitrogens with one attached hydrogen (secondary N) is 1. The maximum absolute atomic E-state index is 13.2. The molecular formula is C13H19FN2O2. The number of nitro benzene ring substituents is 1. The summed E-state index contributed by atoms with van der Waals surface area (Å²) in [6, 6.07) is 3.87. The van der Waals surface area contributed by atoms with E-state index in [1.54, 1.807) is 0 Å². The first-order valence-corrected chi connectivity index (χ1v) is 6.09. The zero-order valence-electron chi connectivity index (χ0n) is 10.9. The highest BCUT2D eigenvalue weighted by Crippen LogP contribution is 2.25. The highest BCUT2D eigenvalue weighted by Gasteiger charge is 2.20. The van der Waals surface area contributed by atoms with E-state index >= 15 is 0 Å². The van der Waals surface area contributed by atoms with Gasteiger partial charge in [0.2, 0.25) is 0 Å². The van der Waals surface area contributed by atoms with Crippen molar-refractivity contribution in [2.24, 2.45) is 5.92 Å². The van der Waals surface area contributed by atoms with Gasteiger partial charge in [0.05, 0.1) is 4.92 Å². The Balaban J connectivity index is 3.00. The van der Waals surface area contributed by atoms with Gasteiger partial charge < -0.3 is 5.32 Å². The van der Waals surface area contributed by atoms with Crippen LogP contribution in [0, 0.1) is 21.8 Å². The van der Waals surface area contributed by atoms with E-state index in [-0.39, 0.29) is 17.6 Å². The third kappa shape index (κ3) is 3.50. The fourth-order valence-corrected chi connectivity index (χ4v) is 2.09. The van der Waals surface area contributed by atoms with Crippen LogP contribution in [0.2, 0.25) is 0 Å². The molecule has 0 aromatic heterocycles. The van der Waals surface area contributed by atoms with Gasteiger partial charge in [0.15, 0.2) is 0 Å². The van der Waals surface area contributed by atoms with Gasteiger partial charge in [0, 0.05) is 17.7 Å². The maximum Gasteiger partial charge on any atom is 0.272 e. The van der Waals surface area contributed by atoms with Gasteiger partial charge in [-0.25, -0.2) is 4.39 Å². The largest absolute Gasteiger partial charge is 0.317 e. The maximum atomic E-state index is 13.2. The zero-order chi connectivity index (χ0) is 13.7. The van der Waals surface area contributed by atoms with E-state index in [4.69, 9.17) is 0 Å². The van der Waals surface area contributed by atoms with Crippen LogP contribution in [0.3, 0.4) is 0 Å². The predicted molar refractivity (Wildman–Crippen MR) is 69.1 cm³/mol. The van der Waals surface area contributed by atoms with Crippen LogP contribution < -0.4 is 5.32 Å². The van der Waals surface area contributed by atoms with Gasteiger partial charge in [-0.2, -0.15) is 0 Å². The molecule has 4 nitrogen and oxygen atoms in total. The molecule has 5 heteroatoms. The summed E-state index contributed by atoms with van der Waals surface area (Å²) in [6.45, 7) is 4.06. The van der Waals surface area contributed by atoms with Crippen LogP contribution in [0.25, 0.3) is 0 Å². The Morgan fingerprint density at radius 3 is 2.67 bits per heavy atom. The summed E-state index contributed by atoms with van der Waals surface area (Å²) in [5.74, 6) is -0.182. The molecule has 18 heavy (non-hydrogen) atoms. The lowest BCUT2D eigenvalue weighted by atomic mass is 9.90. The van der Waals surface area contributed by atoms with E-state index in [1.165, 1.54) is 12.1 Å². The van der Waals surface area contributed by atoms with E-state index in [0.717, 1.165) is 12.5 Å². The smallest absolute Gasteiger partial charge is 0.272 e. The first-order chi connectivity index (χ1) is 8.49. The van der Waals surface area contributed by atoms with Crippen molar-refractivity contribution in [3.8, 4) is 0 Å². The summed E-state index contributed by atoms with van der Waals surface area (Å²) in [6.07, 6.45) is 1.39. The van der Waals surface area contributed by atoms with Crippen molar-refractivity contribution in [3.05, 3.63) is 39.7 Å². The molecule has 2 unspecified atom stereocenters. The van der Waals surface area contributed by atoms with Crippen molar-refractivity contribution < 1.29 is 9.31 Å². The second kappa shape index (κ2) is 6.44. The molecule has 0 spiro atoms. The molecule has 1 rings (SSSR count). The lowest BCUT2D eigenvalue weighted by Crippen LogP contribution is -2.31. The first-order valence-electron chi connectivity index (χ1n) is 6.09. The van der Waals surface area contributed by atoms with Gasteiger partial charge in [-0.3, -0.25) is 10.1 Å². The monoisotopic (exact) mass is 254 g/mol. The summed E-state index contributed by atoms with van der Waals surface area (Å²) in [4.78, 5) is 10.5.